The maximum absolute atomic E-state index is 13.2. The topological polar surface area (TPSA) is 101 Å². The van der Waals surface area contributed by atoms with Crippen LogP contribution >= 0.6 is 23.1 Å². The van der Waals surface area contributed by atoms with E-state index in [4.69, 9.17) is 4.74 Å². The molecule has 1 fully saturated rings. The number of esters is 1. The van der Waals surface area contributed by atoms with Gasteiger partial charge in [0, 0.05) is 36.3 Å². The third-order valence-corrected chi connectivity index (χ3v) is 8.16. The van der Waals surface area contributed by atoms with Crippen LogP contribution in [0.4, 0.5) is 0 Å². The molecule has 2 amide bonds. The summed E-state index contributed by atoms with van der Waals surface area (Å²) in [6.07, 6.45) is 5.00. The number of thioether (sulfide) groups is 1. The second kappa shape index (κ2) is 13.3. The highest BCUT2D eigenvalue weighted by Crippen LogP contribution is 2.32. The number of ether oxygens (including phenoxy) is 1. The summed E-state index contributed by atoms with van der Waals surface area (Å²) >= 11 is 2.93. The highest BCUT2D eigenvalue weighted by Gasteiger charge is 2.29. The minimum Gasteiger partial charge on any atom is -0.464 e. The van der Waals surface area contributed by atoms with E-state index in [1.165, 1.54) is 23.1 Å². The first kappa shape index (κ1) is 27.5. The van der Waals surface area contributed by atoms with Crippen molar-refractivity contribution >= 4 is 40.9 Å². The minimum absolute atomic E-state index is 0.0202. The zero-order valence-electron chi connectivity index (χ0n) is 21.2. The number of benzene rings is 1. The largest absolute Gasteiger partial charge is 0.464 e. The molecule has 3 aromatic rings. The number of carbonyl (C=O) groups is 3. The van der Waals surface area contributed by atoms with E-state index in [1.807, 2.05) is 17.0 Å². The molecule has 0 radical (unpaired) electrons. The molecule has 0 spiro atoms. The molecule has 198 valence electrons. The Morgan fingerprint density at radius 2 is 1.97 bits per heavy atom. The van der Waals surface area contributed by atoms with Gasteiger partial charge in [-0.3, -0.25) is 9.59 Å². The van der Waals surface area contributed by atoms with Crippen LogP contribution in [-0.4, -0.2) is 58.1 Å². The number of amides is 2. The SMILES string of the molecule is C=CCSc1ncccc1C(=O)N1CCC(c2nc(C(=O)NC(C(=O)OCC)c3ccccc3)cs2)CC1. The molecule has 38 heavy (non-hydrogen) atoms. The number of rotatable bonds is 10. The summed E-state index contributed by atoms with van der Waals surface area (Å²) in [5, 5.41) is 6.06. The molecule has 1 atom stereocenters. The zero-order chi connectivity index (χ0) is 26.9. The second-order valence-corrected chi connectivity index (χ2v) is 10.6. The molecule has 4 rings (SSSR count). The van der Waals surface area contributed by atoms with Crippen LogP contribution in [0.2, 0.25) is 0 Å². The number of likely N-dealkylation sites (tertiary alicyclic amines) is 1. The Hall–Kier alpha value is -3.50. The number of piperidine rings is 1. The molecule has 8 nitrogen and oxygen atoms in total. The normalized spacial score (nSPS) is 14.5. The summed E-state index contributed by atoms with van der Waals surface area (Å²) in [4.78, 5) is 49.5. The van der Waals surface area contributed by atoms with Gasteiger partial charge in [0.15, 0.2) is 6.04 Å². The van der Waals surface area contributed by atoms with E-state index in [0.717, 1.165) is 17.8 Å². The zero-order valence-corrected chi connectivity index (χ0v) is 22.8. The predicted octanol–water partition coefficient (Wildman–Crippen LogP) is 4.87. The first-order valence-electron chi connectivity index (χ1n) is 12.5. The van der Waals surface area contributed by atoms with Gasteiger partial charge in [-0.25, -0.2) is 14.8 Å². The van der Waals surface area contributed by atoms with E-state index in [9.17, 15) is 14.4 Å². The van der Waals surface area contributed by atoms with Crippen molar-refractivity contribution in [2.24, 2.45) is 0 Å². The van der Waals surface area contributed by atoms with Crippen LogP contribution in [0.5, 0.6) is 0 Å². The fraction of sp³-hybridized carbons (Fsp3) is 0.321. The van der Waals surface area contributed by atoms with E-state index in [2.05, 4.69) is 21.9 Å². The molecular weight excluding hydrogens is 520 g/mol. The Morgan fingerprint density at radius 3 is 2.68 bits per heavy atom. The molecule has 0 aliphatic carbocycles. The number of nitrogens with zero attached hydrogens (tertiary/aromatic N) is 3. The van der Waals surface area contributed by atoms with E-state index >= 15 is 0 Å². The second-order valence-electron chi connectivity index (χ2n) is 8.66. The maximum Gasteiger partial charge on any atom is 0.333 e. The van der Waals surface area contributed by atoms with Crippen molar-refractivity contribution in [1.29, 1.82) is 0 Å². The number of nitrogens with one attached hydrogen (secondary N) is 1. The molecule has 1 N–H and O–H groups in total. The fourth-order valence-electron chi connectivity index (χ4n) is 4.24. The Balaban J connectivity index is 1.38. The van der Waals surface area contributed by atoms with E-state index in [-0.39, 0.29) is 24.1 Å². The predicted molar refractivity (Wildman–Crippen MR) is 148 cm³/mol. The van der Waals surface area contributed by atoms with Crippen molar-refractivity contribution in [3.8, 4) is 0 Å². The van der Waals surface area contributed by atoms with E-state index in [0.29, 0.717) is 35.0 Å². The van der Waals surface area contributed by atoms with Crippen LogP contribution < -0.4 is 5.32 Å². The summed E-state index contributed by atoms with van der Waals surface area (Å²) in [5.41, 5.74) is 1.53. The number of pyridine rings is 1. The lowest BCUT2D eigenvalue weighted by Gasteiger charge is -2.31. The molecule has 1 unspecified atom stereocenters. The van der Waals surface area contributed by atoms with Gasteiger partial charge in [-0.15, -0.1) is 29.7 Å². The van der Waals surface area contributed by atoms with Crippen LogP contribution in [0, 0.1) is 0 Å². The van der Waals surface area contributed by atoms with Crippen molar-refractivity contribution < 1.29 is 19.1 Å². The fourth-order valence-corrected chi connectivity index (χ4v) is 5.93. The van der Waals surface area contributed by atoms with Crippen LogP contribution in [0.3, 0.4) is 0 Å². The summed E-state index contributed by atoms with van der Waals surface area (Å²) in [6.45, 7) is 6.89. The van der Waals surface area contributed by atoms with Gasteiger partial charge in [0.2, 0.25) is 0 Å². The van der Waals surface area contributed by atoms with E-state index < -0.39 is 17.9 Å². The molecule has 0 bridgehead atoms. The van der Waals surface area contributed by atoms with Gasteiger partial charge in [-0.05, 0) is 37.5 Å². The Bertz CT molecular complexity index is 1270. The molecule has 1 aliphatic heterocycles. The van der Waals surface area contributed by atoms with Gasteiger partial charge in [0.25, 0.3) is 11.8 Å². The lowest BCUT2D eigenvalue weighted by atomic mass is 9.97. The number of carbonyl (C=O) groups excluding carboxylic acids is 3. The highest BCUT2D eigenvalue weighted by molar-refractivity contribution is 7.99. The Kier molecular flexibility index (Phi) is 9.67. The number of thiazole rings is 1. The van der Waals surface area contributed by atoms with Crippen LogP contribution in [0.25, 0.3) is 0 Å². The standard InChI is InChI=1S/C28H30N4O4S2/c1-3-17-37-26-21(11-8-14-29-26)27(34)32-15-12-20(13-16-32)25-30-22(18-38-25)24(33)31-23(28(35)36-4-2)19-9-6-5-7-10-19/h3,5-11,14,18,20,23H,1,4,12-13,15-17H2,2H3,(H,31,33). The van der Waals surface area contributed by atoms with Crippen molar-refractivity contribution in [3.63, 3.8) is 0 Å². The Labute approximate surface area is 230 Å². The highest BCUT2D eigenvalue weighted by atomic mass is 32.2. The average molecular weight is 551 g/mol. The van der Waals surface area contributed by atoms with Crippen LogP contribution in [0.1, 0.15) is 63.1 Å². The lowest BCUT2D eigenvalue weighted by Crippen LogP contribution is -2.38. The molecule has 1 saturated heterocycles. The smallest absolute Gasteiger partial charge is 0.333 e. The molecule has 1 aromatic carbocycles. The molecule has 10 heteroatoms. The molecule has 3 heterocycles. The number of hydrogen-bond donors (Lipinski definition) is 1. The van der Waals surface area contributed by atoms with Crippen molar-refractivity contribution in [3.05, 3.63) is 88.5 Å². The monoisotopic (exact) mass is 550 g/mol. The van der Waals surface area contributed by atoms with Crippen LogP contribution in [-0.2, 0) is 9.53 Å². The number of hydrogen-bond acceptors (Lipinski definition) is 8. The first-order valence-corrected chi connectivity index (χ1v) is 14.3. The van der Waals surface area contributed by atoms with Gasteiger partial charge in [-0.2, -0.15) is 0 Å². The third kappa shape index (κ3) is 6.68. The summed E-state index contributed by atoms with van der Waals surface area (Å²) in [7, 11) is 0. The van der Waals surface area contributed by atoms with Gasteiger partial charge in [0.05, 0.1) is 17.2 Å². The lowest BCUT2D eigenvalue weighted by molar-refractivity contribution is -0.145. The molecular formula is C28H30N4O4S2. The quantitative estimate of drug-likeness (QED) is 0.218. The summed E-state index contributed by atoms with van der Waals surface area (Å²) in [6, 6.07) is 11.7. The van der Waals surface area contributed by atoms with Gasteiger partial charge >= 0.3 is 5.97 Å². The van der Waals surface area contributed by atoms with Crippen molar-refractivity contribution in [2.45, 2.75) is 36.8 Å². The summed E-state index contributed by atoms with van der Waals surface area (Å²) in [5.74, 6) is -0.120. The minimum atomic E-state index is -0.912. The van der Waals surface area contributed by atoms with Crippen molar-refractivity contribution in [1.82, 2.24) is 20.2 Å². The van der Waals surface area contributed by atoms with Crippen LogP contribution in [0.15, 0.2) is 71.7 Å². The number of aromatic nitrogens is 2. The average Bonchev–Trinajstić information content (AvgIpc) is 3.46. The first-order chi connectivity index (χ1) is 18.5. The van der Waals surface area contributed by atoms with Crippen molar-refractivity contribution in [2.75, 3.05) is 25.4 Å². The van der Waals surface area contributed by atoms with Gasteiger partial charge < -0.3 is 15.0 Å². The van der Waals surface area contributed by atoms with Gasteiger partial charge in [-0.1, -0.05) is 36.4 Å². The summed E-state index contributed by atoms with van der Waals surface area (Å²) < 4.78 is 5.17. The van der Waals surface area contributed by atoms with Gasteiger partial charge in [0.1, 0.15) is 10.7 Å². The molecule has 2 aromatic heterocycles. The maximum atomic E-state index is 13.2. The Morgan fingerprint density at radius 1 is 1.21 bits per heavy atom. The molecule has 1 aliphatic rings. The van der Waals surface area contributed by atoms with E-state index in [1.54, 1.807) is 54.9 Å². The third-order valence-electron chi connectivity index (χ3n) is 6.16. The molecule has 0 saturated carbocycles.